The van der Waals surface area contributed by atoms with Gasteiger partial charge in [0.25, 0.3) is 0 Å². The molecule has 0 aliphatic rings. The molecule has 1 heterocycles. The number of hydrogen-bond acceptors (Lipinski definition) is 3. The highest BCUT2D eigenvalue weighted by molar-refractivity contribution is 7.99. The summed E-state index contributed by atoms with van der Waals surface area (Å²) < 4.78 is 0. The molecule has 0 bridgehead atoms. The van der Waals surface area contributed by atoms with Crippen molar-refractivity contribution in [3.8, 4) is 0 Å². The first kappa shape index (κ1) is 13.7. The zero-order valence-corrected chi connectivity index (χ0v) is 11.9. The number of aliphatic hydroxyl groups excluding tert-OH is 1. The Balaban J connectivity index is 2.37. The second kappa shape index (κ2) is 5.93. The zero-order valence-electron chi connectivity index (χ0n) is 9.60. The number of nitrogens with zero attached hydrogens (tertiary/aromatic N) is 1. The fourth-order valence-electron chi connectivity index (χ4n) is 1.47. The summed E-state index contributed by atoms with van der Waals surface area (Å²) in [5.41, 5.74) is 0.776. The van der Waals surface area contributed by atoms with Crippen LogP contribution in [0.3, 0.4) is 0 Å². The summed E-state index contributed by atoms with van der Waals surface area (Å²) >= 11 is 13.4. The van der Waals surface area contributed by atoms with E-state index >= 15 is 0 Å². The number of benzene rings is 1. The highest BCUT2D eigenvalue weighted by Gasteiger charge is 2.12. The standard InChI is InChI=1S/C13H11Cl2NOS/c1-8(17)10-3-2-6-16-13(10)18-12-7-9(14)4-5-11(12)15/h2-8,17H,1H3/t8-/m1/s1. The highest BCUT2D eigenvalue weighted by atomic mass is 35.5. The molecule has 0 unspecified atom stereocenters. The predicted octanol–water partition coefficient (Wildman–Crippen LogP) is 4.59. The van der Waals surface area contributed by atoms with Crippen LogP contribution in [-0.4, -0.2) is 10.1 Å². The fraction of sp³-hybridized carbons (Fsp3) is 0.154. The third-order valence-corrected chi connectivity index (χ3v) is 4.12. The van der Waals surface area contributed by atoms with E-state index in [9.17, 15) is 5.11 Å². The van der Waals surface area contributed by atoms with Crippen LogP contribution in [0.4, 0.5) is 0 Å². The largest absolute Gasteiger partial charge is 0.389 e. The smallest absolute Gasteiger partial charge is 0.107 e. The number of rotatable bonds is 3. The summed E-state index contributed by atoms with van der Waals surface area (Å²) in [5, 5.41) is 11.7. The van der Waals surface area contributed by atoms with Gasteiger partial charge in [-0.25, -0.2) is 4.98 Å². The Labute approximate surface area is 120 Å². The van der Waals surface area contributed by atoms with Crippen LogP contribution in [0.15, 0.2) is 46.5 Å². The molecule has 94 valence electrons. The van der Waals surface area contributed by atoms with Gasteiger partial charge in [-0.05, 0) is 31.2 Å². The van der Waals surface area contributed by atoms with Gasteiger partial charge >= 0.3 is 0 Å². The Morgan fingerprint density at radius 2 is 2.06 bits per heavy atom. The Kier molecular flexibility index (Phi) is 4.51. The summed E-state index contributed by atoms with van der Waals surface area (Å²) in [5.74, 6) is 0. The lowest BCUT2D eigenvalue weighted by Crippen LogP contribution is -1.95. The lowest BCUT2D eigenvalue weighted by atomic mass is 10.2. The maximum absolute atomic E-state index is 9.69. The van der Waals surface area contributed by atoms with E-state index in [4.69, 9.17) is 23.2 Å². The molecule has 2 aromatic rings. The molecule has 2 nitrogen and oxygen atoms in total. The Hall–Kier alpha value is -0.740. The summed E-state index contributed by atoms with van der Waals surface area (Å²) in [6.45, 7) is 1.71. The van der Waals surface area contributed by atoms with E-state index in [0.717, 1.165) is 15.5 Å². The monoisotopic (exact) mass is 299 g/mol. The molecule has 1 aromatic heterocycles. The Morgan fingerprint density at radius 1 is 1.28 bits per heavy atom. The van der Waals surface area contributed by atoms with E-state index in [0.29, 0.717) is 10.0 Å². The van der Waals surface area contributed by atoms with Gasteiger partial charge in [-0.3, -0.25) is 0 Å². The van der Waals surface area contributed by atoms with Gasteiger partial charge in [-0.2, -0.15) is 0 Å². The number of aliphatic hydroxyl groups is 1. The van der Waals surface area contributed by atoms with Crippen molar-refractivity contribution in [2.75, 3.05) is 0 Å². The molecular formula is C13H11Cl2NOS. The molecule has 0 aliphatic heterocycles. The van der Waals surface area contributed by atoms with Crippen LogP contribution in [-0.2, 0) is 0 Å². The van der Waals surface area contributed by atoms with E-state index in [2.05, 4.69) is 4.98 Å². The van der Waals surface area contributed by atoms with Crippen molar-refractivity contribution < 1.29 is 5.11 Å². The van der Waals surface area contributed by atoms with E-state index in [1.165, 1.54) is 11.8 Å². The van der Waals surface area contributed by atoms with Crippen LogP contribution in [0, 0.1) is 0 Å². The lowest BCUT2D eigenvalue weighted by Gasteiger charge is -2.11. The summed E-state index contributed by atoms with van der Waals surface area (Å²) in [7, 11) is 0. The van der Waals surface area contributed by atoms with Crippen LogP contribution in [0.2, 0.25) is 10.0 Å². The molecule has 0 saturated heterocycles. The average Bonchev–Trinajstić information content (AvgIpc) is 2.34. The van der Waals surface area contributed by atoms with Gasteiger partial charge in [-0.15, -0.1) is 0 Å². The van der Waals surface area contributed by atoms with Gasteiger partial charge in [0, 0.05) is 21.7 Å². The van der Waals surface area contributed by atoms with Gasteiger partial charge in [0.1, 0.15) is 5.03 Å². The minimum atomic E-state index is -0.570. The molecular weight excluding hydrogens is 289 g/mol. The third-order valence-electron chi connectivity index (χ3n) is 2.35. The van der Waals surface area contributed by atoms with Crippen molar-refractivity contribution in [1.29, 1.82) is 0 Å². The normalized spacial score (nSPS) is 12.4. The molecule has 18 heavy (non-hydrogen) atoms. The summed E-state index contributed by atoms with van der Waals surface area (Å²) in [4.78, 5) is 5.09. The van der Waals surface area contributed by atoms with Gasteiger partial charge in [-0.1, -0.05) is 41.0 Å². The third kappa shape index (κ3) is 3.18. The van der Waals surface area contributed by atoms with Crippen LogP contribution in [0.5, 0.6) is 0 Å². The quantitative estimate of drug-likeness (QED) is 0.899. The Morgan fingerprint density at radius 3 is 2.78 bits per heavy atom. The molecule has 0 aliphatic carbocycles. The van der Waals surface area contributed by atoms with Gasteiger partial charge in [0.2, 0.25) is 0 Å². The first-order valence-electron chi connectivity index (χ1n) is 5.34. The maximum atomic E-state index is 9.69. The van der Waals surface area contributed by atoms with Crippen LogP contribution < -0.4 is 0 Å². The minimum Gasteiger partial charge on any atom is -0.389 e. The van der Waals surface area contributed by atoms with Crippen molar-refractivity contribution in [2.24, 2.45) is 0 Å². The summed E-state index contributed by atoms with van der Waals surface area (Å²) in [6, 6.07) is 8.92. The van der Waals surface area contributed by atoms with Gasteiger partial charge in [0.15, 0.2) is 0 Å². The van der Waals surface area contributed by atoms with Gasteiger partial charge in [0.05, 0.1) is 11.1 Å². The molecule has 0 spiro atoms. The molecule has 0 radical (unpaired) electrons. The molecule has 5 heteroatoms. The minimum absolute atomic E-state index is 0.570. The average molecular weight is 300 g/mol. The number of pyridine rings is 1. The first-order chi connectivity index (χ1) is 8.58. The van der Waals surface area contributed by atoms with Crippen LogP contribution in [0.25, 0.3) is 0 Å². The zero-order chi connectivity index (χ0) is 13.1. The molecule has 0 amide bonds. The SMILES string of the molecule is C[C@@H](O)c1cccnc1Sc1cc(Cl)ccc1Cl. The van der Waals surface area contributed by atoms with Crippen LogP contribution >= 0.6 is 35.0 Å². The molecule has 1 atom stereocenters. The molecule has 1 N–H and O–H groups in total. The van der Waals surface area contributed by atoms with Crippen molar-refractivity contribution in [1.82, 2.24) is 4.98 Å². The maximum Gasteiger partial charge on any atom is 0.107 e. The first-order valence-corrected chi connectivity index (χ1v) is 6.91. The number of hydrogen-bond donors (Lipinski definition) is 1. The Bertz CT molecular complexity index is 560. The van der Waals surface area contributed by atoms with E-state index in [1.807, 2.05) is 6.07 Å². The molecule has 1 aromatic carbocycles. The van der Waals surface area contributed by atoms with Crippen molar-refractivity contribution >= 4 is 35.0 Å². The van der Waals surface area contributed by atoms with Crippen molar-refractivity contribution in [3.05, 3.63) is 52.1 Å². The van der Waals surface area contributed by atoms with Crippen molar-refractivity contribution in [2.45, 2.75) is 22.9 Å². The van der Waals surface area contributed by atoms with E-state index in [-0.39, 0.29) is 0 Å². The highest BCUT2D eigenvalue weighted by Crippen LogP contribution is 2.36. The molecule has 0 fully saturated rings. The van der Waals surface area contributed by atoms with Crippen molar-refractivity contribution in [3.63, 3.8) is 0 Å². The van der Waals surface area contributed by atoms with E-state index in [1.54, 1.807) is 37.4 Å². The lowest BCUT2D eigenvalue weighted by molar-refractivity contribution is 0.195. The molecule has 0 saturated carbocycles. The number of aromatic nitrogens is 1. The van der Waals surface area contributed by atoms with Crippen LogP contribution in [0.1, 0.15) is 18.6 Å². The summed E-state index contributed by atoms with van der Waals surface area (Å²) in [6.07, 6.45) is 1.12. The van der Waals surface area contributed by atoms with E-state index < -0.39 is 6.10 Å². The van der Waals surface area contributed by atoms with Gasteiger partial charge < -0.3 is 5.11 Å². The molecule has 2 rings (SSSR count). The second-order valence-electron chi connectivity index (χ2n) is 3.75. The number of halogens is 2. The topological polar surface area (TPSA) is 33.1 Å². The second-order valence-corrected chi connectivity index (χ2v) is 5.62. The fourth-order valence-corrected chi connectivity index (χ4v) is 2.97. The predicted molar refractivity (Wildman–Crippen MR) is 75.5 cm³/mol.